The van der Waals surface area contributed by atoms with Gasteiger partial charge in [-0.2, -0.15) is 0 Å². The fourth-order valence-electron chi connectivity index (χ4n) is 2.00. The Bertz CT molecular complexity index is 289. The van der Waals surface area contributed by atoms with Crippen LogP contribution in [0.3, 0.4) is 0 Å². The Morgan fingerprint density at radius 3 is 2.71 bits per heavy atom. The van der Waals surface area contributed by atoms with Crippen molar-refractivity contribution in [3.63, 3.8) is 0 Å². The summed E-state index contributed by atoms with van der Waals surface area (Å²) in [5, 5.41) is 7.93. The summed E-state index contributed by atoms with van der Waals surface area (Å²) in [6, 6.07) is 0.319. The summed E-state index contributed by atoms with van der Waals surface area (Å²) >= 11 is 0. The average Bonchev–Trinajstić information content (AvgIpc) is 2.23. The van der Waals surface area contributed by atoms with E-state index in [0.717, 1.165) is 24.3 Å². The molecule has 2 atom stereocenters. The topological polar surface area (TPSA) is 48.6 Å². The van der Waals surface area contributed by atoms with Crippen molar-refractivity contribution in [2.75, 3.05) is 7.05 Å². The lowest BCUT2D eigenvalue weighted by Gasteiger charge is -2.16. The van der Waals surface area contributed by atoms with Crippen molar-refractivity contribution in [3.8, 4) is 0 Å². The van der Waals surface area contributed by atoms with Gasteiger partial charge in [-0.15, -0.1) is 0 Å². The third-order valence-electron chi connectivity index (χ3n) is 2.92. The number of nitrogens with one attached hydrogen (secondary N) is 1. The highest BCUT2D eigenvalue weighted by atomic mass is 14.9. The zero-order valence-corrected chi connectivity index (χ0v) is 9.46. The molecule has 0 saturated heterocycles. The van der Waals surface area contributed by atoms with Gasteiger partial charge in [0.05, 0.1) is 23.2 Å². The Morgan fingerprint density at radius 2 is 2.21 bits per heavy atom. The van der Waals surface area contributed by atoms with E-state index in [4.69, 9.17) is 5.41 Å². The maximum atomic E-state index is 7.93. The minimum atomic E-state index is 0.319. The molecule has 0 fully saturated rings. The number of hydrogen-bond donors (Lipinski definition) is 1. The molecule has 0 bridgehead atoms. The van der Waals surface area contributed by atoms with Crippen molar-refractivity contribution >= 4 is 17.1 Å². The predicted molar refractivity (Wildman–Crippen MR) is 62.1 cm³/mol. The molecule has 78 valence electrons. The van der Waals surface area contributed by atoms with Crippen LogP contribution in [0.1, 0.15) is 33.6 Å². The minimum Gasteiger partial charge on any atom is -0.303 e. The molecule has 3 heteroatoms. The van der Waals surface area contributed by atoms with Gasteiger partial charge in [0.25, 0.3) is 0 Å². The molecule has 1 aliphatic rings. The van der Waals surface area contributed by atoms with Gasteiger partial charge >= 0.3 is 0 Å². The van der Waals surface area contributed by atoms with E-state index in [-0.39, 0.29) is 0 Å². The van der Waals surface area contributed by atoms with Gasteiger partial charge in [0.1, 0.15) is 0 Å². The van der Waals surface area contributed by atoms with E-state index in [1.54, 1.807) is 7.05 Å². The van der Waals surface area contributed by atoms with Gasteiger partial charge in [-0.1, -0.05) is 13.3 Å². The molecule has 0 aromatic carbocycles. The normalized spacial score (nSPS) is 31.6. The maximum Gasteiger partial charge on any atom is 0.0985 e. The van der Waals surface area contributed by atoms with E-state index in [0.29, 0.717) is 17.7 Å². The molecule has 1 N–H and O–H groups in total. The third kappa shape index (κ3) is 2.08. The quantitative estimate of drug-likeness (QED) is 0.664. The van der Waals surface area contributed by atoms with Crippen LogP contribution in [0, 0.1) is 11.3 Å². The van der Waals surface area contributed by atoms with E-state index < -0.39 is 0 Å². The van der Waals surface area contributed by atoms with Gasteiger partial charge in [-0.25, -0.2) is 0 Å². The Morgan fingerprint density at radius 1 is 1.57 bits per heavy atom. The largest absolute Gasteiger partial charge is 0.303 e. The van der Waals surface area contributed by atoms with Gasteiger partial charge in [-0.05, 0) is 26.2 Å². The van der Waals surface area contributed by atoms with Gasteiger partial charge in [-0.3, -0.25) is 9.98 Å². The first kappa shape index (κ1) is 11.1. The molecule has 1 rings (SSSR count). The second-order valence-electron chi connectivity index (χ2n) is 3.88. The molecule has 0 aromatic heterocycles. The van der Waals surface area contributed by atoms with Crippen molar-refractivity contribution in [3.05, 3.63) is 0 Å². The molecular weight excluding hydrogens is 174 g/mol. The second-order valence-corrected chi connectivity index (χ2v) is 3.88. The lowest BCUT2D eigenvalue weighted by molar-refractivity contribution is 0.449. The zero-order valence-electron chi connectivity index (χ0n) is 9.46. The van der Waals surface area contributed by atoms with Gasteiger partial charge in [0.2, 0.25) is 0 Å². The summed E-state index contributed by atoms with van der Waals surface area (Å²) in [7, 11) is 1.74. The average molecular weight is 193 g/mol. The highest BCUT2D eigenvalue weighted by molar-refractivity contribution is 6.67. The fourth-order valence-corrected chi connectivity index (χ4v) is 2.00. The molecule has 0 radical (unpaired) electrons. The lowest BCUT2D eigenvalue weighted by Crippen LogP contribution is -2.21. The Kier molecular flexibility index (Phi) is 3.55. The summed E-state index contributed by atoms with van der Waals surface area (Å²) in [5.41, 5.74) is 2.35. The SMILES string of the molecule is CCC1CC(=N)C(=NC)C(C)=NC1C. The summed E-state index contributed by atoms with van der Waals surface area (Å²) in [6.07, 6.45) is 1.89. The summed E-state index contributed by atoms with van der Waals surface area (Å²) in [4.78, 5) is 8.71. The van der Waals surface area contributed by atoms with Crippen LogP contribution in [-0.4, -0.2) is 30.2 Å². The zero-order chi connectivity index (χ0) is 10.7. The number of nitrogens with zero attached hydrogens (tertiary/aromatic N) is 2. The first-order chi connectivity index (χ1) is 6.60. The van der Waals surface area contributed by atoms with Crippen molar-refractivity contribution in [2.45, 2.75) is 39.7 Å². The molecule has 0 aromatic rings. The summed E-state index contributed by atoms with van der Waals surface area (Å²) in [5.74, 6) is 0.497. The van der Waals surface area contributed by atoms with Crippen LogP contribution >= 0.6 is 0 Å². The number of rotatable bonds is 1. The molecule has 0 spiro atoms. The maximum absolute atomic E-state index is 7.93. The van der Waals surface area contributed by atoms with E-state index in [1.807, 2.05) is 6.92 Å². The minimum absolute atomic E-state index is 0.319. The molecule has 0 aliphatic carbocycles. The molecule has 1 aliphatic heterocycles. The first-order valence-corrected chi connectivity index (χ1v) is 5.19. The second kappa shape index (κ2) is 4.49. The highest BCUT2D eigenvalue weighted by Gasteiger charge is 2.24. The first-order valence-electron chi connectivity index (χ1n) is 5.19. The van der Waals surface area contributed by atoms with Crippen LogP contribution in [0.25, 0.3) is 0 Å². The van der Waals surface area contributed by atoms with Crippen LogP contribution in [0.4, 0.5) is 0 Å². The molecule has 0 saturated carbocycles. The molecule has 2 unspecified atom stereocenters. The summed E-state index contributed by atoms with van der Waals surface area (Å²) < 4.78 is 0. The number of aliphatic imine (C=N–C) groups is 2. The fraction of sp³-hybridized carbons (Fsp3) is 0.727. The van der Waals surface area contributed by atoms with Gasteiger partial charge in [0, 0.05) is 7.05 Å². The molecule has 1 heterocycles. The Balaban J connectivity index is 3.01. The molecule has 3 nitrogen and oxygen atoms in total. The summed E-state index contributed by atoms with van der Waals surface area (Å²) in [6.45, 7) is 6.24. The van der Waals surface area contributed by atoms with Crippen LogP contribution in [0.15, 0.2) is 9.98 Å². The predicted octanol–water partition coefficient (Wildman–Crippen LogP) is 2.36. The van der Waals surface area contributed by atoms with Crippen molar-refractivity contribution in [1.82, 2.24) is 0 Å². The van der Waals surface area contributed by atoms with Crippen LogP contribution in [0.5, 0.6) is 0 Å². The highest BCUT2D eigenvalue weighted by Crippen LogP contribution is 2.20. The molecule has 0 amide bonds. The van der Waals surface area contributed by atoms with E-state index in [2.05, 4.69) is 23.8 Å². The van der Waals surface area contributed by atoms with E-state index >= 15 is 0 Å². The van der Waals surface area contributed by atoms with Crippen LogP contribution in [0.2, 0.25) is 0 Å². The Hall–Kier alpha value is -0.990. The van der Waals surface area contributed by atoms with E-state index in [1.165, 1.54) is 0 Å². The van der Waals surface area contributed by atoms with Crippen molar-refractivity contribution in [2.24, 2.45) is 15.9 Å². The number of hydrogen-bond acceptors (Lipinski definition) is 3. The van der Waals surface area contributed by atoms with Gasteiger partial charge < -0.3 is 5.41 Å². The monoisotopic (exact) mass is 193 g/mol. The van der Waals surface area contributed by atoms with Crippen molar-refractivity contribution in [1.29, 1.82) is 5.41 Å². The molecule has 14 heavy (non-hydrogen) atoms. The standard InChI is InChI=1S/C11H19N3/c1-5-9-6-10(12)11(13-4)8(3)14-7(9)2/h7,9,12H,5-6H2,1-4H3. The van der Waals surface area contributed by atoms with Gasteiger partial charge in [0.15, 0.2) is 0 Å². The van der Waals surface area contributed by atoms with E-state index in [9.17, 15) is 0 Å². The van der Waals surface area contributed by atoms with Crippen LogP contribution < -0.4 is 0 Å². The Labute approximate surface area is 85.9 Å². The van der Waals surface area contributed by atoms with Crippen molar-refractivity contribution < 1.29 is 0 Å². The molecular formula is C11H19N3. The smallest absolute Gasteiger partial charge is 0.0985 e. The lowest BCUT2D eigenvalue weighted by atomic mass is 9.92. The third-order valence-corrected chi connectivity index (χ3v) is 2.92. The van der Waals surface area contributed by atoms with Crippen LogP contribution in [-0.2, 0) is 0 Å².